The lowest BCUT2D eigenvalue weighted by molar-refractivity contribution is 0.0111. The first-order valence-corrected chi connectivity index (χ1v) is 7.97. The Morgan fingerprint density at radius 1 is 1.53 bits per heavy atom. The predicted molar refractivity (Wildman–Crippen MR) is 80.8 cm³/mol. The van der Waals surface area contributed by atoms with E-state index in [1.807, 2.05) is 18.5 Å². The summed E-state index contributed by atoms with van der Waals surface area (Å²) in [4.78, 5) is 6.71. The Bertz CT molecular complexity index is 370. The number of hydrogen-bond acceptors (Lipinski definition) is 5. The highest BCUT2D eigenvalue weighted by Crippen LogP contribution is 2.22. The zero-order valence-electron chi connectivity index (χ0n) is 12.1. The zero-order valence-corrected chi connectivity index (χ0v) is 12.9. The molecule has 0 amide bonds. The van der Waals surface area contributed by atoms with Crippen molar-refractivity contribution in [1.82, 2.24) is 10.3 Å². The summed E-state index contributed by atoms with van der Waals surface area (Å²) in [6, 6.07) is 0.515. The van der Waals surface area contributed by atoms with Crippen LogP contribution in [0.1, 0.15) is 33.6 Å². The van der Waals surface area contributed by atoms with Crippen molar-refractivity contribution in [3.05, 3.63) is 11.6 Å². The van der Waals surface area contributed by atoms with Crippen LogP contribution in [0.2, 0.25) is 0 Å². The molecule has 0 aromatic carbocycles. The van der Waals surface area contributed by atoms with Crippen molar-refractivity contribution in [2.75, 3.05) is 24.5 Å². The average molecular weight is 283 g/mol. The summed E-state index contributed by atoms with van der Waals surface area (Å²) in [6.45, 7) is 8.81. The van der Waals surface area contributed by atoms with E-state index in [0.717, 1.165) is 31.1 Å². The first-order chi connectivity index (χ1) is 8.99. The first kappa shape index (κ1) is 14.8. The second kappa shape index (κ2) is 6.20. The van der Waals surface area contributed by atoms with Crippen molar-refractivity contribution in [3.63, 3.8) is 0 Å². The third-order valence-electron chi connectivity index (χ3n) is 4.18. The molecule has 0 spiro atoms. The third-order valence-corrected chi connectivity index (χ3v) is 5.01. The highest BCUT2D eigenvalue weighted by Gasteiger charge is 2.27. The normalized spacial score (nSPS) is 20.8. The van der Waals surface area contributed by atoms with Crippen LogP contribution in [0.25, 0.3) is 0 Å². The largest absolute Gasteiger partial charge is 0.389 e. The van der Waals surface area contributed by atoms with Crippen LogP contribution in [0.3, 0.4) is 0 Å². The molecule has 0 aliphatic carbocycles. The number of rotatable bonds is 5. The van der Waals surface area contributed by atoms with E-state index in [4.69, 9.17) is 0 Å². The van der Waals surface area contributed by atoms with Gasteiger partial charge in [-0.25, -0.2) is 4.98 Å². The van der Waals surface area contributed by atoms with E-state index < -0.39 is 5.60 Å². The summed E-state index contributed by atoms with van der Waals surface area (Å²) < 4.78 is 0. The fourth-order valence-corrected chi connectivity index (χ4v) is 2.90. The Morgan fingerprint density at radius 2 is 2.21 bits per heavy atom. The standard InChI is InChI=1S/C14H25N3OS/c1-11(2)14(3,18)10-16-12-4-7-17(8-5-12)13-15-6-9-19-13/h6,9,11-12,16,18H,4-5,7-8,10H2,1-3H3/t14-/m1/s1. The van der Waals surface area contributed by atoms with Gasteiger partial charge in [-0.1, -0.05) is 13.8 Å². The molecule has 0 bridgehead atoms. The van der Waals surface area contributed by atoms with Crippen LogP contribution >= 0.6 is 11.3 Å². The molecule has 2 N–H and O–H groups in total. The van der Waals surface area contributed by atoms with Crippen LogP contribution in [-0.4, -0.2) is 41.4 Å². The molecule has 1 atom stereocenters. The summed E-state index contributed by atoms with van der Waals surface area (Å²) in [7, 11) is 0. The Hall–Kier alpha value is -0.650. The van der Waals surface area contributed by atoms with E-state index >= 15 is 0 Å². The van der Waals surface area contributed by atoms with Gasteiger partial charge in [-0.3, -0.25) is 0 Å². The molecule has 1 aliphatic rings. The number of nitrogens with zero attached hydrogens (tertiary/aromatic N) is 2. The molecule has 2 rings (SSSR count). The molecule has 1 aromatic rings. The molecular formula is C14H25N3OS. The van der Waals surface area contributed by atoms with E-state index in [9.17, 15) is 5.11 Å². The second-order valence-electron chi connectivity index (χ2n) is 5.97. The van der Waals surface area contributed by atoms with Crippen LogP contribution in [0.5, 0.6) is 0 Å². The Balaban J connectivity index is 1.75. The number of nitrogens with one attached hydrogen (secondary N) is 1. The maximum absolute atomic E-state index is 10.2. The topological polar surface area (TPSA) is 48.4 Å². The SMILES string of the molecule is CC(C)[C@](C)(O)CNC1CCN(c2nccs2)CC1. The molecular weight excluding hydrogens is 258 g/mol. The minimum Gasteiger partial charge on any atom is -0.389 e. The van der Waals surface area contributed by atoms with Gasteiger partial charge in [-0.2, -0.15) is 0 Å². The van der Waals surface area contributed by atoms with E-state index in [2.05, 4.69) is 29.0 Å². The molecule has 19 heavy (non-hydrogen) atoms. The minimum atomic E-state index is -0.619. The van der Waals surface area contributed by atoms with E-state index in [1.54, 1.807) is 11.3 Å². The van der Waals surface area contributed by atoms with Crippen molar-refractivity contribution < 1.29 is 5.11 Å². The fraction of sp³-hybridized carbons (Fsp3) is 0.786. The Labute approximate surface area is 119 Å². The van der Waals surface area contributed by atoms with E-state index in [1.165, 1.54) is 0 Å². The maximum atomic E-state index is 10.2. The maximum Gasteiger partial charge on any atom is 0.185 e. The summed E-state index contributed by atoms with van der Waals surface area (Å²) in [5.74, 6) is 0.274. The van der Waals surface area contributed by atoms with Crippen molar-refractivity contribution in [2.45, 2.75) is 45.3 Å². The molecule has 1 fully saturated rings. The lowest BCUT2D eigenvalue weighted by Crippen LogP contribution is -2.49. The molecule has 108 valence electrons. The molecule has 2 heterocycles. The molecule has 0 saturated carbocycles. The number of hydrogen-bond donors (Lipinski definition) is 2. The highest BCUT2D eigenvalue weighted by atomic mass is 32.1. The molecule has 5 heteroatoms. The van der Waals surface area contributed by atoms with Gasteiger partial charge in [0.1, 0.15) is 0 Å². The van der Waals surface area contributed by atoms with Crippen molar-refractivity contribution in [1.29, 1.82) is 0 Å². The Kier molecular flexibility index (Phi) is 4.81. The van der Waals surface area contributed by atoms with Gasteiger partial charge < -0.3 is 15.3 Å². The summed E-state index contributed by atoms with van der Waals surface area (Å²) in [6.07, 6.45) is 4.10. The first-order valence-electron chi connectivity index (χ1n) is 7.09. The van der Waals surface area contributed by atoms with Crippen LogP contribution in [0.15, 0.2) is 11.6 Å². The summed E-state index contributed by atoms with van der Waals surface area (Å²) >= 11 is 1.71. The molecule has 1 aromatic heterocycles. The van der Waals surface area contributed by atoms with Gasteiger partial charge in [0, 0.05) is 37.3 Å². The van der Waals surface area contributed by atoms with Crippen molar-refractivity contribution in [3.8, 4) is 0 Å². The van der Waals surface area contributed by atoms with Gasteiger partial charge >= 0.3 is 0 Å². The van der Waals surface area contributed by atoms with Crippen molar-refractivity contribution in [2.24, 2.45) is 5.92 Å². The average Bonchev–Trinajstić information content (AvgIpc) is 2.91. The van der Waals surface area contributed by atoms with Gasteiger partial charge in [0.2, 0.25) is 0 Å². The van der Waals surface area contributed by atoms with Gasteiger partial charge in [0.05, 0.1) is 5.60 Å². The van der Waals surface area contributed by atoms with E-state index in [0.29, 0.717) is 12.6 Å². The zero-order chi connectivity index (χ0) is 13.9. The lowest BCUT2D eigenvalue weighted by Gasteiger charge is -2.35. The number of aliphatic hydroxyl groups is 1. The van der Waals surface area contributed by atoms with Crippen LogP contribution in [0.4, 0.5) is 5.13 Å². The third kappa shape index (κ3) is 3.91. The summed E-state index contributed by atoms with van der Waals surface area (Å²) in [5, 5.41) is 16.9. The predicted octanol–water partition coefficient (Wildman–Crippen LogP) is 2.11. The van der Waals surface area contributed by atoms with Crippen LogP contribution in [0, 0.1) is 5.92 Å². The number of thiazole rings is 1. The second-order valence-corrected chi connectivity index (χ2v) is 6.84. The number of anilines is 1. The van der Waals surface area contributed by atoms with E-state index in [-0.39, 0.29) is 5.92 Å². The molecule has 4 nitrogen and oxygen atoms in total. The molecule has 1 saturated heterocycles. The quantitative estimate of drug-likeness (QED) is 0.869. The van der Waals surface area contributed by atoms with Gasteiger partial charge in [-0.15, -0.1) is 11.3 Å². The highest BCUT2D eigenvalue weighted by molar-refractivity contribution is 7.13. The molecule has 0 radical (unpaired) electrons. The number of aromatic nitrogens is 1. The molecule has 1 aliphatic heterocycles. The van der Waals surface area contributed by atoms with Gasteiger partial charge in [-0.05, 0) is 25.7 Å². The van der Waals surface area contributed by atoms with Gasteiger partial charge in [0.15, 0.2) is 5.13 Å². The smallest absolute Gasteiger partial charge is 0.185 e. The van der Waals surface area contributed by atoms with Crippen LogP contribution < -0.4 is 10.2 Å². The summed E-state index contributed by atoms with van der Waals surface area (Å²) in [5.41, 5.74) is -0.619. The lowest BCUT2D eigenvalue weighted by atomic mass is 9.92. The monoisotopic (exact) mass is 283 g/mol. The van der Waals surface area contributed by atoms with Crippen molar-refractivity contribution >= 4 is 16.5 Å². The minimum absolute atomic E-state index is 0.274. The fourth-order valence-electron chi connectivity index (χ4n) is 2.20. The van der Waals surface area contributed by atoms with Crippen LogP contribution in [-0.2, 0) is 0 Å². The molecule has 0 unspecified atom stereocenters. The Morgan fingerprint density at radius 3 is 2.74 bits per heavy atom. The van der Waals surface area contributed by atoms with Gasteiger partial charge in [0.25, 0.3) is 0 Å². The number of piperidine rings is 1.